The van der Waals surface area contributed by atoms with E-state index in [1.165, 1.54) is 18.6 Å². The predicted octanol–water partition coefficient (Wildman–Crippen LogP) is 6.67. The molecule has 1 N–H and O–H groups in total. The Hall–Kier alpha value is -2.90. The molecule has 0 aliphatic carbocycles. The SMILES string of the molecule is FC(F)(F)c1cccnc1-c1ccc2c(NCCc3ccc(Cl)c(Cl)c3)ncnc2c1. The molecule has 0 saturated carbocycles. The fraction of sp³-hybridized carbons (Fsp3) is 0.136. The molecular formula is C22H15Cl2F3N4. The van der Waals surface area contributed by atoms with Crippen molar-refractivity contribution in [3.05, 3.63) is 82.2 Å². The standard InChI is InChI=1S/C22H15Cl2F3N4/c23-17-6-3-13(10-18(17)24)7-9-29-21-15-5-4-14(11-19(15)30-12-31-21)20-16(22(25,26)27)2-1-8-28-20/h1-6,8,10-12H,7,9H2,(H,29,30,31). The van der Waals surface area contributed by atoms with Crippen LogP contribution in [0.1, 0.15) is 11.1 Å². The van der Waals surface area contributed by atoms with E-state index in [2.05, 4.69) is 20.3 Å². The number of anilines is 1. The van der Waals surface area contributed by atoms with E-state index in [9.17, 15) is 13.2 Å². The Bertz CT molecular complexity index is 1250. The molecule has 9 heteroatoms. The van der Waals surface area contributed by atoms with E-state index in [0.29, 0.717) is 45.3 Å². The maximum Gasteiger partial charge on any atom is 0.418 e. The van der Waals surface area contributed by atoms with Gasteiger partial charge in [-0.2, -0.15) is 13.2 Å². The van der Waals surface area contributed by atoms with E-state index in [1.807, 2.05) is 6.07 Å². The molecule has 0 aliphatic heterocycles. The minimum absolute atomic E-state index is 0.135. The molecular weight excluding hydrogens is 448 g/mol. The van der Waals surface area contributed by atoms with Crippen LogP contribution in [0.4, 0.5) is 19.0 Å². The third-order valence-corrected chi connectivity index (χ3v) is 5.45. The molecule has 0 amide bonds. The van der Waals surface area contributed by atoms with Crippen molar-refractivity contribution in [1.82, 2.24) is 15.0 Å². The highest BCUT2D eigenvalue weighted by Gasteiger charge is 2.34. The van der Waals surface area contributed by atoms with Gasteiger partial charge in [-0.05, 0) is 48.4 Å². The fourth-order valence-electron chi connectivity index (χ4n) is 3.23. The summed E-state index contributed by atoms with van der Waals surface area (Å²) in [5.74, 6) is 0.591. The van der Waals surface area contributed by atoms with Crippen molar-refractivity contribution in [2.75, 3.05) is 11.9 Å². The zero-order chi connectivity index (χ0) is 22.0. The van der Waals surface area contributed by atoms with Gasteiger partial charge in [-0.15, -0.1) is 0 Å². The Kier molecular flexibility index (Phi) is 5.98. The van der Waals surface area contributed by atoms with Crippen LogP contribution in [0.5, 0.6) is 0 Å². The molecule has 0 unspecified atom stereocenters. The summed E-state index contributed by atoms with van der Waals surface area (Å²) >= 11 is 12.0. The minimum Gasteiger partial charge on any atom is -0.369 e. The van der Waals surface area contributed by atoms with Gasteiger partial charge in [0.25, 0.3) is 0 Å². The number of halogens is 5. The van der Waals surface area contributed by atoms with Gasteiger partial charge in [0.15, 0.2) is 0 Å². The first-order chi connectivity index (χ1) is 14.8. The summed E-state index contributed by atoms with van der Waals surface area (Å²) in [6.07, 6.45) is -1.10. The van der Waals surface area contributed by atoms with Gasteiger partial charge < -0.3 is 5.32 Å². The van der Waals surface area contributed by atoms with Gasteiger partial charge in [-0.1, -0.05) is 35.3 Å². The molecule has 0 bridgehead atoms. The van der Waals surface area contributed by atoms with Gasteiger partial charge in [0, 0.05) is 23.7 Å². The van der Waals surface area contributed by atoms with E-state index >= 15 is 0 Å². The molecule has 0 spiro atoms. The lowest BCUT2D eigenvalue weighted by Crippen LogP contribution is -2.08. The molecule has 4 aromatic rings. The monoisotopic (exact) mass is 462 g/mol. The number of hydrogen-bond acceptors (Lipinski definition) is 4. The molecule has 2 aromatic carbocycles. The van der Waals surface area contributed by atoms with Crippen LogP contribution < -0.4 is 5.32 Å². The van der Waals surface area contributed by atoms with Crippen LogP contribution in [-0.2, 0) is 12.6 Å². The highest BCUT2D eigenvalue weighted by molar-refractivity contribution is 6.42. The zero-order valence-electron chi connectivity index (χ0n) is 15.9. The highest BCUT2D eigenvalue weighted by atomic mass is 35.5. The smallest absolute Gasteiger partial charge is 0.369 e. The van der Waals surface area contributed by atoms with Gasteiger partial charge in [-0.25, -0.2) is 9.97 Å². The van der Waals surface area contributed by atoms with Crippen LogP contribution in [0.25, 0.3) is 22.2 Å². The molecule has 4 rings (SSSR count). The maximum absolute atomic E-state index is 13.3. The van der Waals surface area contributed by atoms with Gasteiger partial charge in [0.2, 0.25) is 0 Å². The highest BCUT2D eigenvalue weighted by Crippen LogP contribution is 2.36. The lowest BCUT2D eigenvalue weighted by Gasteiger charge is -2.13. The summed E-state index contributed by atoms with van der Waals surface area (Å²) in [6.45, 7) is 0.574. The van der Waals surface area contributed by atoms with Crippen molar-refractivity contribution in [3.8, 4) is 11.3 Å². The van der Waals surface area contributed by atoms with Crippen molar-refractivity contribution < 1.29 is 13.2 Å². The van der Waals surface area contributed by atoms with Gasteiger partial charge in [-0.3, -0.25) is 4.98 Å². The Balaban J connectivity index is 1.58. The lowest BCUT2D eigenvalue weighted by atomic mass is 10.0. The number of pyridine rings is 1. The summed E-state index contributed by atoms with van der Waals surface area (Å²) < 4.78 is 40.0. The Labute approximate surface area is 186 Å². The molecule has 2 heterocycles. The van der Waals surface area contributed by atoms with Gasteiger partial charge >= 0.3 is 6.18 Å². The normalized spacial score (nSPS) is 11.6. The molecule has 2 aromatic heterocycles. The number of nitrogens with zero attached hydrogens (tertiary/aromatic N) is 3. The van der Waals surface area contributed by atoms with Crippen LogP contribution in [0.2, 0.25) is 10.0 Å². The number of rotatable bonds is 5. The zero-order valence-corrected chi connectivity index (χ0v) is 17.4. The van der Waals surface area contributed by atoms with Crippen molar-refractivity contribution in [3.63, 3.8) is 0 Å². The minimum atomic E-state index is -4.50. The largest absolute Gasteiger partial charge is 0.418 e. The second-order valence-electron chi connectivity index (χ2n) is 6.78. The fourth-order valence-corrected chi connectivity index (χ4v) is 3.55. The Morgan fingerprint density at radius 2 is 1.74 bits per heavy atom. The third kappa shape index (κ3) is 4.73. The van der Waals surface area contributed by atoms with Crippen LogP contribution in [0.3, 0.4) is 0 Å². The lowest BCUT2D eigenvalue weighted by molar-refractivity contribution is -0.137. The summed E-state index contributed by atoms with van der Waals surface area (Å²) in [4.78, 5) is 12.4. The average molecular weight is 463 g/mol. The second kappa shape index (κ2) is 8.69. The molecule has 31 heavy (non-hydrogen) atoms. The number of hydrogen-bond donors (Lipinski definition) is 1. The molecule has 0 aliphatic rings. The van der Waals surface area contributed by atoms with Crippen LogP contribution >= 0.6 is 23.2 Å². The average Bonchev–Trinajstić information content (AvgIpc) is 2.75. The van der Waals surface area contributed by atoms with E-state index in [4.69, 9.17) is 23.2 Å². The molecule has 0 atom stereocenters. The molecule has 4 nitrogen and oxygen atoms in total. The summed E-state index contributed by atoms with van der Waals surface area (Å²) in [5.41, 5.74) is 0.939. The first-order valence-corrected chi connectivity index (χ1v) is 10.0. The predicted molar refractivity (Wildman–Crippen MR) is 116 cm³/mol. The first kappa shape index (κ1) is 21.3. The van der Waals surface area contributed by atoms with Gasteiger partial charge in [0.05, 0.1) is 26.8 Å². The van der Waals surface area contributed by atoms with Crippen molar-refractivity contribution in [2.45, 2.75) is 12.6 Å². The quantitative estimate of drug-likeness (QED) is 0.359. The molecule has 158 valence electrons. The van der Waals surface area contributed by atoms with Crippen molar-refractivity contribution in [1.29, 1.82) is 0 Å². The number of nitrogens with one attached hydrogen (secondary N) is 1. The summed E-state index contributed by atoms with van der Waals surface area (Å²) in [5, 5.41) is 4.93. The number of aromatic nitrogens is 3. The third-order valence-electron chi connectivity index (χ3n) is 4.71. The van der Waals surface area contributed by atoms with Gasteiger partial charge in [0.1, 0.15) is 12.1 Å². The molecule has 0 radical (unpaired) electrons. The van der Waals surface area contributed by atoms with E-state index < -0.39 is 11.7 Å². The van der Waals surface area contributed by atoms with Crippen LogP contribution in [-0.4, -0.2) is 21.5 Å². The van der Waals surface area contributed by atoms with E-state index in [1.54, 1.807) is 30.3 Å². The topological polar surface area (TPSA) is 50.7 Å². The van der Waals surface area contributed by atoms with Crippen LogP contribution in [0.15, 0.2) is 61.1 Å². The first-order valence-electron chi connectivity index (χ1n) is 9.28. The second-order valence-corrected chi connectivity index (χ2v) is 7.59. The van der Waals surface area contributed by atoms with Crippen molar-refractivity contribution in [2.24, 2.45) is 0 Å². The summed E-state index contributed by atoms with van der Waals surface area (Å²) in [6, 6.07) is 12.6. The number of fused-ring (bicyclic) bond motifs is 1. The van der Waals surface area contributed by atoms with E-state index in [-0.39, 0.29) is 5.69 Å². The number of benzene rings is 2. The summed E-state index contributed by atoms with van der Waals surface area (Å²) in [7, 11) is 0. The van der Waals surface area contributed by atoms with Crippen LogP contribution in [0, 0.1) is 0 Å². The van der Waals surface area contributed by atoms with Crippen molar-refractivity contribution >= 4 is 39.9 Å². The molecule has 0 saturated heterocycles. The Morgan fingerprint density at radius 1 is 0.903 bits per heavy atom. The Morgan fingerprint density at radius 3 is 2.52 bits per heavy atom. The molecule has 0 fully saturated rings. The number of alkyl halides is 3. The maximum atomic E-state index is 13.3. The van der Waals surface area contributed by atoms with E-state index in [0.717, 1.165) is 11.6 Å².